The molecule has 0 aromatic heterocycles. The highest BCUT2D eigenvalue weighted by Gasteiger charge is 2.25. The lowest BCUT2D eigenvalue weighted by Crippen LogP contribution is -2.23. The summed E-state index contributed by atoms with van der Waals surface area (Å²) in [5.41, 5.74) is -0.0826. The summed E-state index contributed by atoms with van der Waals surface area (Å²) in [7, 11) is 0. The van der Waals surface area contributed by atoms with Crippen molar-refractivity contribution >= 4 is 5.78 Å². The molecular weight excluding hydrogens is 196 g/mol. The van der Waals surface area contributed by atoms with E-state index in [2.05, 4.69) is 27.7 Å². The standard InChI is InChI=1S/C15H30O/c1-5-7-8-9-10-11-13-15(3,4)14(16)12-6-2/h5-13H2,1-4H3. The van der Waals surface area contributed by atoms with Gasteiger partial charge in [-0.05, 0) is 12.8 Å². The first-order chi connectivity index (χ1) is 7.54. The third kappa shape index (κ3) is 7.03. The van der Waals surface area contributed by atoms with Crippen LogP contribution < -0.4 is 0 Å². The van der Waals surface area contributed by atoms with Gasteiger partial charge in [0.1, 0.15) is 5.78 Å². The number of ketones is 1. The van der Waals surface area contributed by atoms with Gasteiger partial charge in [0.05, 0.1) is 0 Å². The molecule has 0 aromatic carbocycles. The molecular formula is C15H30O. The van der Waals surface area contributed by atoms with Crippen LogP contribution in [0.5, 0.6) is 0 Å². The highest BCUT2D eigenvalue weighted by atomic mass is 16.1. The molecule has 0 bridgehead atoms. The third-order valence-electron chi connectivity index (χ3n) is 3.39. The summed E-state index contributed by atoms with van der Waals surface area (Å²) < 4.78 is 0. The molecule has 0 radical (unpaired) electrons. The molecule has 96 valence electrons. The fourth-order valence-electron chi connectivity index (χ4n) is 2.05. The minimum atomic E-state index is -0.0826. The zero-order chi connectivity index (χ0) is 12.4. The van der Waals surface area contributed by atoms with Crippen molar-refractivity contribution in [3.05, 3.63) is 0 Å². The summed E-state index contributed by atoms with van der Waals surface area (Å²) in [6.45, 7) is 8.54. The first-order valence-electron chi connectivity index (χ1n) is 7.08. The van der Waals surface area contributed by atoms with Gasteiger partial charge in [-0.3, -0.25) is 4.79 Å². The van der Waals surface area contributed by atoms with Crippen molar-refractivity contribution in [2.24, 2.45) is 5.41 Å². The van der Waals surface area contributed by atoms with E-state index in [0.29, 0.717) is 5.78 Å². The van der Waals surface area contributed by atoms with Crippen LogP contribution in [0, 0.1) is 5.41 Å². The van der Waals surface area contributed by atoms with Crippen molar-refractivity contribution in [1.29, 1.82) is 0 Å². The van der Waals surface area contributed by atoms with Gasteiger partial charge in [0, 0.05) is 11.8 Å². The van der Waals surface area contributed by atoms with Crippen LogP contribution in [0.2, 0.25) is 0 Å². The van der Waals surface area contributed by atoms with Crippen molar-refractivity contribution in [2.45, 2.75) is 85.5 Å². The van der Waals surface area contributed by atoms with E-state index < -0.39 is 0 Å². The Bertz CT molecular complexity index is 182. The van der Waals surface area contributed by atoms with E-state index in [1.807, 2.05) is 0 Å². The highest BCUT2D eigenvalue weighted by Crippen LogP contribution is 2.27. The Morgan fingerprint density at radius 1 is 0.875 bits per heavy atom. The Kier molecular flexibility index (Phi) is 8.60. The molecule has 0 fully saturated rings. The second-order valence-electron chi connectivity index (χ2n) is 5.57. The van der Waals surface area contributed by atoms with E-state index in [9.17, 15) is 4.79 Å². The fourth-order valence-corrected chi connectivity index (χ4v) is 2.05. The van der Waals surface area contributed by atoms with Crippen molar-refractivity contribution in [2.75, 3.05) is 0 Å². The summed E-state index contributed by atoms with van der Waals surface area (Å²) in [5.74, 6) is 0.448. The number of unbranched alkanes of at least 4 members (excludes halogenated alkanes) is 5. The number of carbonyl (C=O) groups is 1. The van der Waals surface area contributed by atoms with Gasteiger partial charge in [-0.2, -0.15) is 0 Å². The molecule has 16 heavy (non-hydrogen) atoms. The van der Waals surface area contributed by atoms with E-state index in [-0.39, 0.29) is 5.41 Å². The van der Waals surface area contributed by atoms with E-state index >= 15 is 0 Å². The van der Waals surface area contributed by atoms with Crippen LogP contribution in [-0.2, 0) is 4.79 Å². The van der Waals surface area contributed by atoms with Crippen LogP contribution in [0.4, 0.5) is 0 Å². The Morgan fingerprint density at radius 3 is 2.00 bits per heavy atom. The largest absolute Gasteiger partial charge is 0.299 e. The zero-order valence-electron chi connectivity index (χ0n) is 11.8. The summed E-state index contributed by atoms with van der Waals surface area (Å²) in [4.78, 5) is 11.8. The number of Topliss-reactive ketones (excluding diaryl/α,β-unsaturated/α-hetero) is 1. The molecule has 0 heterocycles. The SMILES string of the molecule is CCCCCCCCC(C)(C)C(=O)CCC. The lowest BCUT2D eigenvalue weighted by Gasteiger charge is -2.22. The molecule has 0 spiro atoms. The van der Waals surface area contributed by atoms with E-state index in [4.69, 9.17) is 0 Å². The molecule has 0 amide bonds. The molecule has 0 N–H and O–H groups in total. The minimum absolute atomic E-state index is 0.0826. The maximum Gasteiger partial charge on any atom is 0.138 e. The van der Waals surface area contributed by atoms with Crippen LogP contribution in [0.25, 0.3) is 0 Å². The Balaban J connectivity index is 3.61. The lowest BCUT2D eigenvalue weighted by molar-refractivity contribution is -0.127. The molecule has 0 rings (SSSR count). The molecule has 0 saturated carbocycles. The molecule has 0 unspecified atom stereocenters. The summed E-state index contributed by atoms with van der Waals surface area (Å²) in [5, 5.41) is 0. The van der Waals surface area contributed by atoms with Crippen molar-refractivity contribution in [3.63, 3.8) is 0 Å². The second-order valence-corrected chi connectivity index (χ2v) is 5.57. The summed E-state index contributed by atoms with van der Waals surface area (Å²) in [6.07, 6.45) is 10.7. The molecule has 0 aliphatic rings. The highest BCUT2D eigenvalue weighted by molar-refractivity contribution is 5.83. The maximum atomic E-state index is 11.8. The Hall–Kier alpha value is -0.330. The fraction of sp³-hybridized carbons (Fsp3) is 0.933. The first-order valence-corrected chi connectivity index (χ1v) is 7.08. The normalized spacial score (nSPS) is 11.8. The van der Waals surface area contributed by atoms with E-state index in [0.717, 1.165) is 19.3 Å². The van der Waals surface area contributed by atoms with Crippen LogP contribution in [0.1, 0.15) is 85.5 Å². The Labute approximate surface area is 102 Å². The van der Waals surface area contributed by atoms with Gasteiger partial charge >= 0.3 is 0 Å². The monoisotopic (exact) mass is 226 g/mol. The van der Waals surface area contributed by atoms with Gasteiger partial charge < -0.3 is 0 Å². The average Bonchev–Trinajstić information content (AvgIpc) is 2.23. The lowest BCUT2D eigenvalue weighted by atomic mass is 9.81. The molecule has 0 aromatic rings. The number of carbonyl (C=O) groups excluding carboxylic acids is 1. The van der Waals surface area contributed by atoms with Crippen molar-refractivity contribution < 1.29 is 4.79 Å². The van der Waals surface area contributed by atoms with Gasteiger partial charge in [-0.1, -0.05) is 66.2 Å². The number of rotatable bonds is 10. The van der Waals surface area contributed by atoms with Crippen LogP contribution in [0.15, 0.2) is 0 Å². The predicted molar refractivity (Wildman–Crippen MR) is 71.7 cm³/mol. The minimum Gasteiger partial charge on any atom is -0.299 e. The number of hydrogen-bond donors (Lipinski definition) is 0. The van der Waals surface area contributed by atoms with Crippen molar-refractivity contribution in [1.82, 2.24) is 0 Å². The molecule has 0 aliphatic carbocycles. The van der Waals surface area contributed by atoms with E-state index in [1.165, 1.54) is 38.5 Å². The smallest absolute Gasteiger partial charge is 0.138 e. The molecule has 1 nitrogen and oxygen atoms in total. The summed E-state index contributed by atoms with van der Waals surface area (Å²) >= 11 is 0. The second kappa shape index (κ2) is 8.78. The van der Waals surface area contributed by atoms with Gasteiger partial charge in [-0.15, -0.1) is 0 Å². The van der Waals surface area contributed by atoms with Gasteiger partial charge in [-0.25, -0.2) is 0 Å². The van der Waals surface area contributed by atoms with Crippen molar-refractivity contribution in [3.8, 4) is 0 Å². The van der Waals surface area contributed by atoms with Crippen LogP contribution >= 0.6 is 0 Å². The number of hydrogen-bond acceptors (Lipinski definition) is 1. The topological polar surface area (TPSA) is 17.1 Å². The maximum absolute atomic E-state index is 11.8. The molecule has 0 atom stereocenters. The summed E-state index contributed by atoms with van der Waals surface area (Å²) in [6, 6.07) is 0. The van der Waals surface area contributed by atoms with Gasteiger partial charge in [0.25, 0.3) is 0 Å². The van der Waals surface area contributed by atoms with Gasteiger partial charge in [0.15, 0.2) is 0 Å². The van der Waals surface area contributed by atoms with Crippen LogP contribution in [-0.4, -0.2) is 5.78 Å². The van der Waals surface area contributed by atoms with E-state index in [1.54, 1.807) is 0 Å². The third-order valence-corrected chi connectivity index (χ3v) is 3.39. The quantitative estimate of drug-likeness (QED) is 0.472. The average molecular weight is 226 g/mol. The molecule has 0 saturated heterocycles. The molecule has 0 aliphatic heterocycles. The van der Waals surface area contributed by atoms with Gasteiger partial charge in [0.2, 0.25) is 0 Å². The Morgan fingerprint density at radius 2 is 1.44 bits per heavy atom. The molecule has 1 heteroatoms. The first kappa shape index (κ1) is 15.7. The van der Waals surface area contributed by atoms with Crippen LogP contribution in [0.3, 0.4) is 0 Å². The zero-order valence-corrected chi connectivity index (χ0v) is 11.8. The predicted octanol–water partition coefficient (Wildman–Crippen LogP) is 5.13.